The average molecular weight is 237 g/mol. The Kier molecular flexibility index (Phi) is 2.47. The maximum atomic E-state index is 13.8. The number of benzene rings is 1. The number of aryl methyl sites for hydroxylation is 1. The van der Waals surface area contributed by atoms with Crippen molar-refractivity contribution in [3.63, 3.8) is 0 Å². The molecule has 0 radical (unpaired) electrons. The van der Waals surface area contributed by atoms with E-state index in [1.807, 2.05) is 0 Å². The van der Waals surface area contributed by atoms with Gasteiger partial charge in [0, 0.05) is 11.6 Å². The molecule has 2 aliphatic rings. The molecule has 3 atom stereocenters. The molecule has 1 aromatic rings. The van der Waals surface area contributed by atoms with E-state index in [2.05, 4.69) is 0 Å². The SMILES string of the molecule is Cc1ccc(C(N)C2C3CCCC32)c(F)c1F. The standard InChI is InChI=1S/C14H17F2N/c1-7-5-6-10(13(16)12(7)15)14(17)11-8-3-2-4-9(8)11/h5-6,8-9,11,14H,2-4,17H2,1H3. The average Bonchev–Trinajstić information content (AvgIpc) is 2.79. The molecule has 2 fully saturated rings. The first-order valence-electron chi connectivity index (χ1n) is 6.31. The smallest absolute Gasteiger partial charge is 0.163 e. The van der Waals surface area contributed by atoms with Gasteiger partial charge >= 0.3 is 0 Å². The Morgan fingerprint density at radius 1 is 1.18 bits per heavy atom. The summed E-state index contributed by atoms with van der Waals surface area (Å²) in [5.74, 6) is 0.203. The number of fused-ring (bicyclic) bond motifs is 1. The second kappa shape index (κ2) is 3.77. The monoisotopic (exact) mass is 237 g/mol. The van der Waals surface area contributed by atoms with Crippen LogP contribution in [0, 0.1) is 36.3 Å². The molecule has 1 nitrogen and oxygen atoms in total. The predicted molar refractivity (Wildman–Crippen MR) is 62.3 cm³/mol. The first kappa shape index (κ1) is 11.1. The number of rotatable bonds is 2. The molecule has 92 valence electrons. The van der Waals surface area contributed by atoms with E-state index in [0.29, 0.717) is 28.9 Å². The molecule has 2 aliphatic carbocycles. The van der Waals surface area contributed by atoms with Crippen LogP contribution in [0.25, 0.3) is 0 Å². The van der Waals surface area contributed by atoms with E-state index in [9.17, 15) is 8.78 Å². The zero-order chi connectivity index (χ0) is 12.2. The second-order valence-corrected chi connectivity index (χ2v) is 5.46. The molecular formula is C14H17F2N. The number of hydrogen-bond donors (Lipinski definition) is 1. The van der Waals surface area contributed by atoms with E-state index in [0.717, 1.165) is 0 Å². The van der Waals surface area contributed by atoms with E-state index in [1.165, 1.54) is 19.3 Å². The minimum atomic E-state index is -0.748. The fourth-order valence-electron chi connectivity index (χ4n) is 3.54. The zero-order valence-electron chi connectivity index (χ0n) is 9.92. The highest BCUT2D eigenvalue weighted by Crippen LogP contribution is 2.61. The largest absolute Gasteiger partial charge is 0.324 e. The summed E-state index contributed by atoms with van der Waals surface area (Å²) in [6.07, 6.45) is 3.68. The Bertz CT molecular complexity index is 448. The van der Waals surface area contributed by atoms with Crippen LogP contribution in [0.15, 0.2) is 12.1 Å². The van der Waals surface area contributed by atoms with Crippen LogP contribution in [0.2, 0.25) is 0 Å². The maximum absolute atomic E-state index is 13.8. The van der Waals surface area contributed by atoms with Gasteiger partial charge < -0.3 is 5.73 Å². The van der Waals surface area contributed by atoms with Crippen molar-refractivity contribution in [2.24, 2.45) is 23.5 Å². The first-order valence-corrected chi connectivity index (χ1v) is 6.31. The molecule has 0 spiro atoms. The Hall–Kier alpha value is -0.960. The maximum Gasteiger partial charge on any atom is 0.163 e. The molecule has 1 aromatic carbocycles. The van der Waals surface area contributed by atoms with Crippen LogP contribution in [-0.4, -0.2) is 0 Å². The van der Waals surface area contributed by atoms with E-state index in [4.69, 9.17) is 5.73 Å². The van der Waals surface area contributed by atoms with Crippen molar-refractivity contribution in [2.45, 2.75) is 32.2 Å². The molecule has 0 heterocycles. The van der Waals surface area contributed by atoms with Crippen molar-refractivity contribution >= 4 is 0 Å². The highest BCUT2D eigenvalue weighted by molar-refractivity contribution is 5.30. The lowest BCUT2D eigenvalue weighted by Gasteiger charge is -2.16. The predicted octanol–water partition coefficient (Wildman–Crippen LogP) is 3.32. The van der Waals surface area contributed by atoms with Gasteiger partial charge in [-0.3, -0.25) is 0 Å². The third kappa shape index (κ3) is 1.60. The summed E-state index contributed by atoms with van der Waals surface area (Å²) >= 11 is 0. The van der Waals surface area contributed by atoms with E-state index < -0.39 is 11.6 Å². The van der Waals surface area contributed by atoms with Crippen LogP contribution >= 0.6 is 0 Å². The molecule has 0 saturated heterocycles. The summed E-state index contributed by atoms with van der Waals surface area (Å²) in [6, 6.07) is 2.93. The van der Waals surface area contributed by atoms with Crippen molar-refractivity contribution in [3.05, 3.63) is 34.9 Å². The molecule has 0 bridgehead atoms. The van der Waals surface area contributed by atoms with Crippen molar-refractivity contribution in [1.82, 2.24) is 0 Å². The lowest BCUT2D eigenvalue weighted by molar-refractivity contribution is 0.450. The normalized spacial score (nSPS) is 32.4. The molecule has 3 rings (SSSR count). The summed E-state index contributed by atoms with van der Waals surface area (Å²) in [5, 5.41) is 0. The zero-order valence-corrected chi connectivity index (χ0v) is 9.92. The summed E-state index contributed by atoms with van der Waals surface area (Å²) < 4.78 is 27.3. The van der Waals surface area contributed by atoms with Gasteiger partial charge in [0.2, 0.25) is 0 Å². The quantitative estimate of drug-likeness (QED) is 0.839. The van der Waals surface area contributed by atoms with E-state index in [1.54, 1.807) is 19.1 Å². The minimum absolute atomic E-state index is 0.333. The van der Waals surface area contributed by atoms with Crippen molar-refractivity contribution in [2.75, 3.05) is 0 Å². The molecule has 2 saturated carbocycles. The molecule has 3 heteroatoms. The fraction of sp³-hybridized carbons (Fsp3) is 0.571. The molecule has 0 aliphatic heterocycles. The van der Waals surface area contributed by atoms with Crippen LogP contribution in [0.5, 0.6) is 0 Å². The molecule has 3 unspecified atom stereocenters. The van der Waals surface area contributed by atoms with E-state index in [-0.39, 0.29) is 6.04 Å². The fourth-order valence-corrected chi connectivity index (χ4v) is 3.54. The van der Waals surface area contributed by atoms with Gasteiger partial charge in [0.1, 0.15) is 0 Å². The van der Waals surface area contributed by atoms with Gasteiger partial charge in [-0.05, 0) is 43.1 Å². The van der Waals surface area contributed by atoms with Gasteiger partial charge in [-0.15, -0.1) is 0 Å². The second-order valence-electron chi connectivity index (χ2n) is 5.46. The van der Waals surface area contributed by atoms with Crippen molar-refractivity contribution in [3.8, 4) is 0 Å². The van der Waals surface area contributed by atoms with Gasteiger partial charge in [-0.2, -0.15) is 0 Å². The number of halogens is 2. The molecule has 17 heavy (non-hydrogen) atoms. The lowest BCUT2D eigenvalue weighted by Crippen LogP contribution is -2.18. The highest BCUT2D eigenvalue weighted by atomic mass is 19.2. The Morgan fingerprint density at radius 2 is 1.82 bits per heavy atom. The van der Waals surface area contributed by atoms with Crippen LogP contribution in [0.1, 0.15) is 36.4 Å². The Labute approximate surface area is 100 Å². The van der Waals surface area contributed by atoms with Crippen molar-refractivity contribution in [1.29, 1.82) is 0 Å². The lowest BCUT2D eigenvalue weighted by atomic mass is 9.96. The van der Waals surface area contributed by atoms with Gasteiger partial charge in [0.25, 0.3) is 0 Å². The van der Waals surface area contributed by atoms with Gasteiger partial charge in [-0.25, -0.2) is 8.78 Å². The van der Waals surface area contributed by atoms with Crippen molar-refractivity contribution < 1.29 is 8.78 Å². The summed E-state index contributed by atoms with van der Waals surface area (Å²) in [5.41, 5.74) is 6.80. The van der Waals surface area contributed by atoms with Crippen LogP contribution < -0.4 is 5.73 Å². The van der Waals surface area contributed by atoms with Crippen LogP contribution in [0.3, 0.4) is 0 Å². The minimum Gasteiger partial charge on any atom is -0.324 e. The summed E-state index contributed by atoms with van der Waals surface area (Å²) in [4.78, 5) is 0. The first-order chi connectivity index (χ1) is 8.11. The summed E-state index contributed by atoms with van der Waals surface area (Å²) in [7, 11) is 0. The van der Waals surface area contributed by atoms with Gasteiger partial charge in [-0.1, -0.05) is 18.6 Å². The van der Waals surface area contributed by atoms with Gasteiger partial charge in [0.15, 0.2) is 11.6 Å². The Balaban J connectivity index is 1.87. The van der Waals surface area contributed by atoms with E-state index >= 15 is 0 Å². The molecule has 0 amide bonds. The third-order valence-corrected chi connectivity index (χ3v) is 4.55. The molecule has 0 aromatic heterocycles. The molecule has 2 N–H and O–H groups in total. The topological polar surface area (TPSA) is 26.0 Å². The highest BCUT2D eigenvalue weighted by Gasteiger charge is 2.55. The van der Waals surface area contributed by atoms with Gasteiger partial charge in [0.05, 0.1) is 0 Å². The van der Waals surface area contributed by atoms with Crippen LogP contribution in [-0.2, 0) is 0 Å². The summed E-state index contributed by atoms with van der Waals surface area (Å²) in [6.45, 7) is 1.57. The number of hydrogen-bond acceptors (Lipinski definition) is 1. The third-order valence-electron chi connectivity index (χ3n) is 4.55. The number of nitrogens with two attached hydrogens (primary N) is 1. The Morgan fingerprint density at radius 3 is 2.47 bits per heavy atom. The molecular weight excluding hydrogens is 220 g/mol. The van der Waals surface area contributed by atoms with Crippen LogP contribution in [0.4, 0.5) is 8.78 Å².